The van der Waals surface area contributed by atoms with Crippen LogP contribution in [0.15, 0.2) is 23.7 Å². The molecule has 0 bridgehead atoms. The summed E-state index contributed by atoms with van der Waals surface area (Å²) in [5.74, 6) is 1.49. The predicted molar refractivity (Wildman–Crippen MR) is 111 cm³/mol. The summed E-state index contributed by atoms with van der Waals surface area (Å²) in [6.45, 7) is 13.7. The van der Waals surface area contributed by atoms with Crippen molar-refractivity contribution in [2.45, 2.75) is 52.7 Å². The van der Waals surface area contributed by atoms with Gasteiger partial charge in [0, 0.05) is 45.6 Å². The van der Waals surface area contributed by atoms with Gasteiger partial charge >= 0.3 is 6.09 Å². The summed E-state index contributed by atoms with van der Waals surface area (Å²) in [6, 6.07) is 0.379. The van der Waals surface area contributed by atoms with E-state index in [1.807, 2.05) is 39.5 Å². The number of imidazole rings is 1. The van der Waals surface area contributed by atoms with E-state index in [0.29, 0.717) is 25.0 Å². The van der Waals surface area contributed by atoms with Crippen molar-refractivity contribution in [2.24, 2.45) is 10.9 Å². The first-order valence-corrected chi connectivity index (χ1v) is 10.2. The Balaban J connectivity index is 1.97. The van der Waals surface area contributed by atoms with Gasteiger partial charge in [0.25, 0.3) is 0 Å². The molecule has 2 heterocycles. The summed E-state index contributed by atoms with van der Waals surface area (Å²) in [7, 11) is 1.74. The Labute approximate surface area is 169 Å². The fourth-order valence-electron chi connectivity index (χ4n) is 3.26. The SMILES string of the molecule is CCNC(=NCCN(C)C(=O)OC(C)(C)C)N1CCC(C)C(n2ccnc2)C1. The predicted octanol–water partition coefficient (Wildman–Crippen LogP) is 2.60. The largest absolute Gasteiger partial charge is 0.444 e. The van der Waals surface area contributed by atoms with Gasteiger partial charge in [-0.05, 0) is 40.0 Å². The van der Waals surface area contributed by atoms with Gasteiger partial charge in [-0.2, -0.15) is 0 Å². The highest BCUT2D eigenvalue weighted by Crippen LogP contribution is 2.27. The summed E-state index contributed by atoms with van der Waals surface area (Å²) in [6.07, 6.45) is 6.54. The van der Waals surface area contributed by atoms with E-state index < -0.39 is 5.60 Å². The number of ether oxygens (including phenoxy) is 1. The van der Waals surface area contributed by atoms with Gasteiger partial charge in [-0.25, -0.2) is 9.78 Å². The van der Waals surface area contributed by atoms with Crippen LogP contribution in [0.4, 0.5) is 4.79 Å². The molecule has 1 aliphatic heterocycles. The zero-order valence-corrected chi connectivity index (χ0v) is 18.2. The fourth-order valence-corrected chi connectivity index (χ4v) is 3.26. The minimum absolute atomic E-state index is 0.320. The van der Waals surface area contributed by atoms with Gasteiger partial charge in [0.2, 0.25) is 0 Å². The number of amides is 1. The van der Waals surface area contributed by atoms with E-state index in [0.717, 1.165) is 32.0 Å². The summed E-state index contributed by atoms with van der Waals surface area (Å²) >= 11 is 0. The van der Waals surface area contributed by atoms with Gasteiger partial charge in [0.15, 0.2) is 5.96 Å². The number of hydrogen-bond donors (Lipinski definition) is 1. The molecule has 1 aromatic rings. The molecule has 1 amide bonds. The second-order valence-corrected chi connectivity index (χ2v) is 8.43. The Morgan fingerprint density at radius 3 is 2.79 bits per heavy atom. The number of carbonyl (C=O) groups is 1. The normalized spacial score (nSPS) is 20.8. The maximum atomic E-state index is 12.1. The monoisotopic (exact) mass is 392 g/mol. The van der Waals surface area contributed by atoms with E-state index in [4.69, 9.17) is 9.73 Å². The first kappa shape index (κ1) is 22.0. The van der Waals surface area contributed by atoms with Crippen LogP contribution in [0, 0.1) is 5.92 Å². The Bertz CT molecular complexity index is 638. The quantitative estimate of drug-likeness (QED) is 0.616. The average molecular weight is 393 g/mol. The molecule has 28 heavy (non-hydrogen) atoms. The lowest BCUT2D eigenvalue weighted by molar-refractivity contribution is 0.0304. The van der Waals surface area contributed by atoms with E-state index in [-0.39, 0.29) is 6.09 Å². The number of aliphatic imine (C=N–C) groups is 1. The van der Waals surface area contributed by atoms with Crippen molar-refractivity contribution in [2.75, 3.05) is 39.8 Å². The number of rotatable bonds is 5. The minimum Gasteiger partial charge on any atom is -0.444 e. The van der Waals surface area contributed by atoms with Gasteiger partial charge in [0.1, 0.15) is 5.60 Å². The van der Waals surface area contributed by atoms with Crippen molar-refractivity contribution in [1.29, 1.82) is 0 Å². The summed E-state index contributed by atoms with van der Waals surface area (Å²) < 4.78 is 7.58. The molecule has 8 nitrogen and oxygen atoms in total. The Hall–Kier alpha value is -2.25. The molecule has 2 rings (SSSR count). The van der Waals surface area contributed by atoms with Gasteiger partial charge in [-0.1, -0.05) is 6.92 Å². The van der Waals surface area contributed by atoms with Gasteiger partial charge < -0.3 is 24.4 Å². The van der Waals surface area contributed by atoms with Crippen molar-refractivity contribution in [3.8, 4) is 0 Å². The van der Waals surface area contributed by atoms with Crippen LogP contribution < -0.4 is 5.32 Å². The van der Waals surface area contributed by atoms with Gasteiger partial charge in [-0.3, -0.25) is 4.99 Å². The molecule has 1 N–H and O–H groups in total. The molecule has 8 heteroatoms. The summed E-state index contributed by atoms with van der Waals surface area (Å²) in [5.41, 5.74) is -0.490. The lowest BCUT2D eigenvalue weighted by atomic mass is 9.93. The average Bonchev–Trinajstić information content (AvgIpc) is 3.14. The number of guanidine groups is 1. The first-order chi connectivity index (χ1) is 13.2. The fraction of sp³-hybridized carbons (Fsp3) is 0.750. The Morgan fingerprint density at radius 2 is 2.18 bits per heavy atom. The van der Waals surface area contributed by atoms with Crippen LogP contribution in [-0.2, 0) is 4.74 Å². The van der Waals surface area contributed by atoms with Crippen molar-refractivity contribution in [1.82, 2.24) is 24.7 Å². The van der Waals surface area contributed by atoms with Crippen molar-refractivity contribution in [3.63, 3.8) is 0 Å². The topological polar surface area (TPSA) is 75.0 Å². The van der Waals surface area contributed by atoms with Crippen LogP contribution in [0.25, 0.3) is 0 Å². The van der Waals surface area contributed by atoms with Crippen molar-refractivity contribution < 1.29 is 9.53 Å². The molecule has 2 atom stereocenters. The maximum Gasteiger partial charge on any atom is 0.410 e. The molecule has 1 aliphatic rings. The number of aromatic nitrogens is 2. The smallest absolute Gasteiger partial charge is 0.410 e. The molecule has 1 fully saturated rings. The van der Waals surface area contributed by atoms with Gasteiger partial charge in [0.05, 0.1) is 18.9 Å². The number of likely N-dealkylation sites (tertiary alicyclic amines) is 1. The third-order valence-corrected chi connectivity index (χ3v) is 4.86. The lowest BCUT2D eigenvalue weighted by Crippen LogP contribution is -2.49. The number of piperidine rings is 1. The molecule has 0 aromatic carbocycles. The van der Waals surface area contributed by atoms with E-state index in [9.17, 15) is 4.79 Å². The highest BCUT2D eigenvalue weighted by molar-refractivity contribution is 5.80. The Morgan fingerprint density at radius 1 is 1.43 bits per heavy atom. The molecule has 1 aromatic heterocycles. The molecular formula is C20H36N6O2. The van der Waals surface area contributed by atoms with Crippen LogP contribution in [0.1, 0.15) is 47.1 Å². The lowest BCUT2D eigenvalue weighted by Gasteiger charge is -2.39. The van der Waals surface area contributed by atoms with Crippen LogP contribution >= 0.6 is 0 Å². The molecule has 0 spiro atoms. The number of nitrogens with zero attached hydrogens (tertiary/aromatic N) is 5. The molecule has 158 valence electrons. The molecule has 1 saturated heterocycles. The van der Waals surface area contributed by atoms with E-state index in [2.05, 4.69) is 33.6 Å². The molecule has 2 unspecified atom stereocenters. The maximum absolute atomic E-state index is 12.1. The molecule has 0 radical (unpaired) electrons. The highest BCUT2D eigenvalue weighted by Gasteiger charge is 2.29. The molecular weight excluding hydrogens is 356 g/mol. The van der Waals surface area contributed by atoms with Gasteiger partial charge in [-0.15, -0.1) is 0 Å². The van der Waals surface area contributed by atoms with Crippen LogP contribution in [0.3, 0.4) is 0 Å². The van der Waals surface area contributed by atoms with E-state index >= 15 is 0 Å². The first-order valence-electron chi connectivity index (χ1n) is 10.2. The number of likely N-dealkylation sites (N-methyl/N-ethyl adjacent to an activating group) is 1. The molecule has 0 aliphatic carbocycles. The number of carbonyl (C=O) groups excluding carboxylic acids is 1. The number of nitrogens with one attached hydrogen (secondary N) is 1. The third kappa shape index (κ3) is 6.42. The molecule has 0 saturated carbocycles. The second-order valence-electron chi connectivity index (χ2n) is 8.43. The van der Waals surface area contributed by atoms with Crippen LogP contribution in [0.2, 0.25) is 0 Å². The minimum atomic E-state index is -0.490. The van der Waals surface area contributed by atoms with Crippen LogP contribution in [0.5, 0.6) is 0 Å². The van der Waals surface area contributed by atoms with E-state index in [1.54, 1.807) is 11.9 Å². The van der Waals surface area contributed by atoms with Crippen molar-refractivity contribution >= 4 is 12.1 Å². The second kappa shape index (κ2) is 9.80. The summed E-state index contributed by atoms with van der Waals surface area (Å²) in [4.78, 5) is 24.9. The van der Waals surface area contributed by atoms with E-state index in [1.165, 1.54) is 0 Å². The van der Waals surface area contributed by atoms with Crippen LogP contribution in [-0.4, -0.2) is 76.8 Å². The number of hydrogen-bond acceptors (Lipinski definition) is 4. The third-order valence-electron chi connectivity index (χ3n) is 4.86. The zero-order chi connectivity index (χ0) is 20.7. The Kier molecular flexibility index (Phi) is 7.71. The highest BCUT2D eigenvalue weighted by atomic mass is 16.6. The standard InChI is InChI=1S/C20H36N6O2/c1-7-22-18(23-10-12-24(6)19(27)28-20(3,4)5)25-11-8-16(2)17(14-25)26-13-9-21-15-26/h9,13,15-17H,7-8,10-12,14H2,1-6H3,(H,22,23). The summed E-state index contributed by atoms with van der Waals surface area (Å²) in [5, 5.41) is 3.39. The zero-order valence-electron chi connectivity index (χ0n) is 18.2. The van der Waals surface area contributed by atoms with Crippen molar-refractivity contribution in [3.05, 3.63) is 18.7 Å².